The SMILES string of the molecule is Cl.Cl.Cl.O=C(O)CNC(CO)(CO)CO. The van der Waals surface area contributed by atoms with Crippen molar-refractivity contribution in [2.75, 3.05) is 26.4 Å². The van der Waals surface area contributed by atoms with Crippen molar-refractivity contribution in [1.29, 1.82) is 0 Å². The lowest BCUT2D eigenvalue weighted by Gasteiger charge is -2.27. The minimum absolute atomic E-state index is 0. The van der Waals surface area contributed by atoms with Crippen LogP contribution in [-0.2, 0) is 4.79 Å². The van der Waals surface area contributed by atoms with Crippen LogP contribution in [0.5, 0.6) is 0 Å². The van der Waals surface area contributed by atoms with Crippen LogP contribution in [0.2, 0.25) is 0 Å². The molecule has 0 bridgehead atoms. The maximum absolute atomic E-state index is 10.1. The molecule has 0 unspecified atom stereocenters. The Labute approximate surface area is 106 Å². The third-order valence-electron chi connectivity index (χ3n) is 1.52. The smallest absolute Gasteiger partial charge is 0.317 e. The molecule has 96 valence electrons. The van der Waals surface area contributed by atoms with Gasteiger partial charge in [-0.2, -0.15) is 0 Å². The summed E-state index contributed by atoms with van der Waals surface area (Å²) in [6, 6.07) is 0. The fraction of sp³-hybridized carbons (Fsp3) is 0.833. The van der Waals surface area contributed by atoms with Crippen molar-refractivity contribution in [3.8, 4) is 0 Å². The second kappa shape index (κ2) is 12.3. The van der Waals surface area contributed by atoms with E-state index in [1.54, 1.807) is 0 Å². The van der Waals surface area contributed by atoms with Gasteiger partial charge in [-0.05, 0) is 0 Å². The molecule has 5 N–H and O–H groups in total. The first-order chi connectivity index (χ1) is 5.60. The van der Waals surface area contributed by atoms with Crippen molar-refractivity contribution in [3.05, 3.63) is 0 Å². The van der Waals surface area contributed by atoms with Gasteiger partial charge < -0.3 is 20.4 Å². The average molecular weight is 289 g/mol. The van der Waals surface area contributed by atoms with Crippen molar-refractivity contribution >= 4 is 43.2 Å². The van der Waals surface area contributed by atoms with E-state index in [1.807, 2.05) is 0 Å². The minimum Gasteiger partial charge on any atom is -0.480 e. The third kappa shape index (κ3) is 9.13. The van der Waals surface area contributed by atoms with E-state index >= 15 is 0 Å². The number of carboxylic acids is 1. The van der Waals surface area contributed by atoms with Crippen molar-refractivity contribution in [1.82, 2.24) is 5.32 Å². The number of aliphatic hydroxyl groups is 3. The summed E-state index contributed by atoms with van der Waals surface area (Å²) in [5.41, 5.74) is -1.31. The normalized spacial score (nSPS) is 9.27. The molecule has 6 nitrogen and oxygen atoms in total. The quantitative estimate of drug-likeness (QED) is 0.413. The number of halogens is 3. The first-order valence-electron chi connectivity index (χ1n) is 3.39. The lowest BCUT2D eigenvalue weighted by Crippen LogP contribution is -2.56. The van der Waals surface area contributed by atoms with Crippen molar-refractivity contribution in [2.45, 2.75) is 5.54 Å². The summed E-state index contributed by atoms with van der Waals surface area (Å²) >= 11 is 0. The first kappa shape index (κ1) is 24.4. The Morgan fingerprint density at radius 3 is 1.53 bits per heavy atom. The molecule has 0 heterocycles. The molecule has 0 spiro atoms. The highest BCUT2D eigenvalue weighted by atomic mass is 35.5. The molecule has 15 heavy (non-hydrogen) atoms. The molecule has 9 heteroatoms. The van der Waals surface area contributed by atoms with Crippen LogP contribution in [0.1, 0.15) is 0 Å². The van der Waals surface area contributed by atoms with Crippen molar-refractivity contribution in [2.24, 2.45) is 0 Å². The van der Waals surface area contributed by atoms with E-state index < -0.39 is 37.9 Å². The zero-order chi connectivity index (χ0) is 9.61. The van der Waals surface area contributed by atoms with Crippen LogP contribution in [0.4, 0.5) is 0 Å². The standard InChI is InChI=1S/C6H13NO5.3ClH/c8-2-6(3-9,4-10)7-1-5(11)12;;;/h7-10H,1-4H2,(H,11,12);3*1H. The van der Waals surface area contributed by atoms with Crippen LogP contribution >= 0.6 is 37.2 Å². The Morgan fingerprint density at radius 1 is 1.00 bits per heavy atom. The second-order valence-corrected chi connectivity index (χ2v) is 2.50. The van der Waals surface area contributed by atoms with Crippen LogP contribution in [0, 0.1) is 0 Å². The molecular formula is C6H16Cl3NO5. The number of carbonyl (C=O) groups is 1. The van der Waals surface area contributed by atoms with Crippen LogP contribution in [0.15, 0.2) is 0 Å². The predicted octanol–water partition coefficient (Wildman–Crippen LogP) is -1.36. The lowest BCUT2D eigenvalue weighted by atomic mass is 10.0. The summed E-state index contributed by atoms with van der Waals surface area (Å²) in [4.78, 5) is 10.1. The van der Waals surface area contributed by atoms with Gasteiger partial charge in [0.25, 0.3) is 0 Å². The van der Waals surface area contributed by atoms with Gasteiger partial charge in [0.15, 0.2) is 0 Å². The van der Waals surface area contributed by atoms with Gasteiger partial charge in [0.2, 0.25) is 0 Å². The summed E-state index contributed by atoms with van der Waals surface area (Å²) in [5, 5.41) is 36.7. The fourth-order valence-corrected chi connectivity index (χ4v) is 0.581. The Balaban J connectivity index is -0.000000202. The number of aliphatic carboxylic acids is 1. The van der Waals surface area contributed by atoms with Crippen LogP contribution in [0.3, 0.4) is 0 Å². The molecule has 0 aromatic rings. The number of carboxylic acid groups (broad SMARTS) is 1. The summed E-state index contributed by atoms with van der Waals surface area (Å²) in [6.07, 6.45) is 0. The molecule has 0 atom stereocenters. The molecule has 0 radical (unpaired) electrons. The van der Waals surface area contributed by atoms with E-state index in [0.717, 1.165) is 0 Å². The van der Waals surface area contributed by atoms with Crippen molar-refractivity contribution < 1.29 is 25.2 Å². The topological polar surface area (TPSA) is 110 Å². The molecule has 0 fully saturated rings. The Kier molecular flexibility index (Phi) is 19.9. The predicted molar refractivity (Wildman–Crippen MR) is 61.4 cm³/mol. The minimum atomic E-state index is -1.31. The van der Waals surface area contributed by atoms with Crippen LogP contribution in [-0.4, -0.2) is 58.3 Å². The molecule has 0 rings (SSSR count). The summed E-state index contributed by atoms with van der Waals surface area (Å²) in [7, 11) is 0. The molecule has 0 aromatic heterocycles. The number of aliphatic hydroxyl groups excluding tert-OH is 3. The lowest BCUT2D eigenvalue weighted by molar-refractivity contribution is -0.136. The molecular weight excluding hydrogens is 272 g/mol. The highest BCUT2D eigenvalue weighted by Crippen LogP contribution is 1.99. The van der Waals surface area contributed by atoms with E-state index in [1.165, 1.54) is 0 Å². The van der Waals surface area contributed by atoms with Crippen LogP contribution in [0.25, 0.3) is 0 Å². The third-order valence-corrected chi connectivity index (χ3v) is 1.52. The van der Waals surface area contributed by atoms with E-state index in [0.29, 0.717) is 0 Å². The molecule has 0 aliphatic rings. The maximum Gasteiger partial charge on any atom is 0.317 e. The Morgan fingerprint density at radius 2 is 1.33 bits per heavy atom. The number of rotatable bonds is 6. The first-order valence-corrected chi connectivity index (χ1v) is 3.39. The van der Waals surface area contributed by atoms with Gasteiger partial charge in [-0.1, -0.05) is 0 Å². The van der Waals surface area contributed by atoms with E-state index in [-0.39, 0.29) is 37.2 Å². The summed E-state index contributed by atoms with van der Waals surface area (Å²) in [6.45, 7) is -1.98. The van der Waals surface area contributed by atoms with E-state index in [4.69, 9.17) is 20.4 Å². The van der Waals surface area contributed by atoms with E-state index in [2.05, 4.69) is 5.32 Å². The number of nitrogens with one attached hydrogen (secondary N) is 1. The highest BCUT2D eigenvalue weighted by molar-refractivity contribution is 5.86. The molecule has 0 saturated carbocycles. The molecule has 0 aliphatic carbocycles. The summed E-state index contributed by atoms with van der Waals surface area (Å²) in [5.74, 6) is -1.12. The van der Waals surface area contributed by atoms with Crippen molar-refractivity contribution in [3.63, 3.8) is 0 Å². The van der Waals surface area contributed by atoms with Gasteiger partial charge in [-0.15, -0.1) is 37.2 Å². The highest BCUT2D eigenvalue weighted by Gasteiger charge is 2.27. The molecule has 0 amide bonds. The monoisotopic (exact) mass is 287 g/mol. The average Bonchev–Trinajstić information content (AvgIpc) is 2.08. The van der Waals surface area contributed by atoms with E-state index in [9.17, 15) is 4.79 Å². The van der Waals surface area contributed by atoms with Gasteiger partial charge in [-0.25, -0.2) is 0 Å². The Hall–Kier alpha value is 0.180. The van der Waals surface area contributed by atoms with Gasteiger partial charge in [0.05, 0.1) is 31.9 Å². The number of hydrogen-bond acceptors (Lipinski definition) is 5. The van der Waals surface area contributed by atoms with Crippen LogP contribution < -0.4 is 5.32 Å². The molecule has 0 aromatic carbocycles. The zero-order valence-electron chi connectivity index (χ0n) is 7.75. The maximum atomic E-state index is 10.1. The Bertz CT molecular complexity index is 147. The van der Waals surface area contributed by atoms with Gasteiger partial charge in [0.1, 0.15) is 0 Å². The molecule has 0 aliphatic heterocycles. The zero-order valence-corrected chi connectivity index (χ0v) is 10.2. The van der Waals surface area contributed by atoms with Gasteiger partial charge in [0, 0.05) is 0 Å². The number of hydrogen-bond donors (Lipinski definition) is 5. The molecule has 0 saturated heterocycles. The largest absolute Gasteiger partial charge is 0.480 e. The fourth-order valence-electron chi connectivity index (χ4n) is 0.581. The van der Waals surface area contributed by atoms with Gasteiger partial charge >= 0.3 is 5.97 Å². The summed E-state index contributed by atoms with van der Waals surface area (Å²) < 4.78 is 0. The van der Waals surface area contributed by atoms with Gasteiger partial charge in [-0.3, -0.25) is 10.1 Å². The second-order valence-electron chi connectivity index (χ2n) is 2.50.